The molecule has 1 heterocycles. The van der Waals surface area contributed by atoms with Crippen LogP contribution in [-0.4, -0.2) is 61.4 Å². The van der Waals surface area contributed by atoms with Crippen LogP contribution in [0.5, 0.6) is 0 Å². The van der Waals surface area contributed by atoms with Crippen molar-refractivity contribution in [2.45, 2.75) is 13.0 Å². The van der Waals surface area contributed by atoms with Crippen LogP contribution >= 0.6 is 12.2 Å². The maximum absolute atomic E-state index is 13.7. The molecule has 0 spiro atoms. The summed E-state index contributed by atoms with van der Waals surface area (Å²) in [5.41, 5.74) is 0.402. The third-order valence-electron chi connectivity index (χ3n) is 3.89. The second-order valence-corrected chi connectivity index (χ2v) is 5.94. The van der Waals surface area contributed by atoms with Gasteiger partial charge in [0.25, 0.3) is 0 Å². The van der Waals surface area contributed by atoms with Crippen molar-refractivity contribution in [2.75, 3.05) is 46.4 Å². The van der Waals surface area contributed by atoms with Gasteiger partial charge in [-0.25, -0.2) is 8.78 Å². The number of halogens is 2. The first kappa shape index (κ1) is 18.0. The van der Waals surface area contributed by atoms with E-state index in [4.69, 9.17) is 17.0 Å². The Morgan fingerprint density at radius 2 is 2.00 bits per heavy atom. The Balaban J connectivity index is 1.75. The van der Waals surface area contributed by atoms with E-state index in [-0.39, 0.29) is 0 Å². The number of ether oxygens (including phenoxy) is 1. The highest BCUT2D eigenvalue weighted by Crippen LogP contribution is 2.15. The highest BCUT2D eigenvalue weighted by atomic mass is 32.1. The minimum Gasteiger partial charge on any atom is -0.385 e. The van der Waals surface area contributed by atoms with Crippen molar-refractivity contribution in [1.29, 1.82) is 0 Å². The fraction of sp³-hybridized carbons (Fsp3) is 0.562. The quantitative estimate of drug-likeness (QED) is 0.630. The third kappa shape index (κ3) is 5.37. The zero-order chi connectivity index (χ0) is 16.7. The van der Waals surface area contributed by atoms with Crippen LogP contribution in [0.2, 0.25) is 0 Å². The molecule has 0 bridgehead atoms. The predicted molar refractivity (Wildman–Crippen MR) is 90.3 cm³/mol. The maximum atomic E-state index is 13.7. The van der Waals surface area contributed by atoms with Gasteiger partial charge in [-0.15, -0.1) is 0 Å². The lowest BCUT2D eigenvalue weighted by molar-refractivity contribution is 0.171. The van der Waals surface area contributed by atoms with Crippen molar-refractivity contribution in [3.63, 3.8) is 0 Å². The van der Waals surface area contributed by atoms with Crippen LogP contribution in [0.4, 0.5) is 8.78 Å². The lowest BCUT2D eigenvalue weighted by Crippen LogP contribution is -2.51. The lowest BCUT2D eigenvalue weighted by Gasteiger charge is -2.36. The summed E-state index contributed by atoms with van der Waals surface area (Å²) in [6.45, 7) is 5.04. The normalized spacial score (nSPS) is 15.7. The summed E-state index contributed by atoms with van der Waals surface area (Å²) in [5.74, 6) is -1.53. The number of nitrogens with one attached hydrogen (secondary N) is 1. The molecule has 0 radical (unpaired) electrons. The van der Waals surface area contributed by atoms with Gasteiger partial charge in [0, 0.05) is 58.5 Å². The highest BCUT2D eigenvalue weighted by Gasteiger charge is 2.20. The first-order valence-electron chi connectivity index (χ1n) is 7.78. The van der Waals surface area contributed by atoms with Gasteiger partial charge in [-0.1, -0.05) is 12.1 Å². The molecule has 1 fully saturated rings. The Bertz CT molecular complexity index is 522. The molecule has 0 atom stereocenters. The molecule has 2 rings (SSSR count). The second kappa shape index (κ2) is 9.10. The Kier molecular flexibility index (Phi) is 7.14. The van der Waals surface area contributed by atoms with E-state index >= 15 is 0 Å². The van der Waals surface area contributed by atoms with E-state index in [1.807, 2.05) is 0 Å². The molecule has 0 saturated carbocycles. The van der Waals surface area contributed by atoms with Crippen LogP contribution in [0.15, 0.2) is 18.2 Å². The molecule has 0 amide bonds. The topological polar surface area (TPSA) is 27.7 Å². The summed E-state index contributed by atoms with van der Waals surface area (Å²) in [6.07, 6.45) is 0.912. The molecule has 1 aliphatic heterocycles. The summed E-state index contributed by atoms with van der Waals surface area (Å²) < 4.78 is 31.9. The van der Waals surface area contributed by atoms with Crippen LogP contribution in [0.1, 0.15) is 12.0 Å². The SMILES string of the molecule is COCCCNC(=S)N1CCN(Cc2cccc(F)c2F)CC1. The Hall–Kier alpha value is -1.31. The molecule has 1 N–H and O–H groups in total. The molecule has 1 aromatic carbocycles. The van der Waals surface area contributed by atoms with Gasteiger partial charge in [0.2, 0.25) is 0 Å². The van der Waals surface area contributed by atoms with Crippen LogP contribution < -0.4 is 5.32 Å². The zero-order valence-electron chi connectivity index (χ0n) is 13.4. The van der Waals surface area contributed by atoms with Crippen molar-refractivity contribution in [2.24, 2.45) is 0 Å². The number of hydrogen-bond acceptors (Lipinski definition) is 3. The molecule has 0 aromatic heterocycles. The molecule has 1 saturated heterocycles. The third-order valence-corrected chi connectivity index (χ3v) is 4.29. The molecule has 0 aliphatic carbocycles. The highest BCUT2D eigenvalue weighted by molar-refractivity contribution is 7.80. The van der Waals surface area contributed by atoms with Gasteiger partial charge in [-0.2, -0.15) is 0 Å². The zero-order valence-corrected chi connectivity index (χ0v) is 14.2. The predicted octanol–water partition coefficient (Wildman–Crippen LogP) is 1.99. The number of nitrogens with zero attached hydrogens (tertiary/aromatic N) is 2. The van der Waals surface area contributed by atoms with Crippen LogP contribution in [0, 0.1) is 11.6 Å². The number of methoxy groups -OCH3 is 1. The van der Waals surface area contributed by atoms with Gasteiger partial charge >= 0.3 is 0 Å². The van der Waals surface area contributed by atoms with E-state index in [9.17, 15) is 8.78 Å². The molecule has 4 nitrogen and oxygen atoms in total. The van der Waals surface area contributed by atoms with Crippen molar-refractivity contribution in [3.8, 4) is 0 Å². The van der Waals surface area contributed by atoms with E-state index in [0.717, 1.165) is 50.3 Å². The molecular formula is C16H23F2N3OS. The van der Waals surface area contributed by atoms with E-state index in [1.54, 1.807) is 19.2 Å². The van der Waals surface area contributed by atoms with E-state index < -0.39 is 11.6 Å². The molecule has 0 unspecified atom stereocenters. The largest absolute Gasteiger partial charge is 0.385 e. The van der Waals surface area contributed by atoms with E-state index in [2.05, 4.69) is 15.1 Å². The Morgan fingerprint density at radius 3 is 2.70 bits per heavy atom. The van der Waals surface area contributed by atoms with Gasteiger partial charge in [0.1, 0.15) is 0 Å². The molecule has 1 aromatic rings. The average molecular weight is 343 g/mol. The van der Waals surface area contributed by atoms with Crippen molar-refractivity contribution >= 4 is 17.3 Å². The van der Waals surface area contributed by atoms with Gasteiger partial charge in [-0.3, -0.25) is 4.90 Å². The number of rotatable bonds is 6. The number of hydrogen-bond donors (Lipinski definition) is 1. The Morgan fingerprint density at radius 1 is 1.26 bits per heavy atom. The van der Waals surface area contributed by atoms with Crippen molar-refractivity contribution in [3.05, 3.63) is 35.4 Å². The lowest BCUT2D eigenvalue weighted by atomic mass is 10.2. The summed E-state index contributed by atoms with van der Waals surface area (Å²) in [5, 5.41) is 3.97. The molecular weight excluding hydrogens is 320 g/mol. The molecule has 1 aliphatic rings. The molecule has 128 valence electrons. The van der Waals surface area contributed by atoms with Crippen LogP contribution in [-0.2, 0) is 11.3 Å². The first-order valence-corrected chi connectivity index (χ1v) is 8.19. The van der Waals surface area contributed by atoms with Gasteiger partial charge in [0.15, 0.2) is 16.7 Å². The van der Waals surface area contributed by atoms with Crippen molar-refractivity contribution in [1.82, 2.24) is 15.1 Å². The summed E-state index contributed by atoms with van der Waals surface area (Å²) in [7, 11) is 1.68. The summed E-state index contributed by atoms with van der Waals surface area (Å²) in [4.78, 5) is 4.22. The maximum Gasteiger partial charge on any atom is 0.169 e. The van der Waals surface area contributed by atoms with Crippen molar-refractivity contribution < 1.29 is 13.5 Å². The second-order valence-electron chi connectivity index (χ2n) is 5.55. The number of thiocarbonyl (C=S) groups is 1. The van der Waals surface area contributed by atoms with E-state index in [1.165, 1.54) is 0 Å². The van der Waals surface area contributed by atoms with E-state index in [0.29, 0.717) is 18.7 Å². The standard InChI is InChI=1S/C16H23F2N3OS/c1-22-11-3-6-19-16(23)21-9-7-20(8-10-21)12-13-4-2-5-14(17)15(13)18/h2,4-5H,3,6-12H2,1H3,(H,19,23). The smallest absolute Gasteiger partial charge is 0.169 e. The number of benzene rings is 1. The van der Waals surface area contributed by atoms with Gasteiger partial charge in [0.05, 0.1) is 0 Å². The fourth-order valence-corrected chi connectivity index (χ4v) is 2.83. The van der Waals surface area contributed by atoms with Crippen LogP contribution in [0.3, 0.4) is 0 Å². The van der Waals surface area contributed by atoms with Gasteiger partial charge < -0.3 is 15.0 Å². The summed E-state index contributed by atoms with van der Waals surface area (Å²) >= 11 is 5.38. The first-order chi connectivity index (χ1) is 11.1. The monoisotopic (exact) mass is 343 g/mol. The molecule has 23 heavy (non-hydrogen) atoms. The fourth-order valence-electron chi connectivity index (χ4n) is 2.54. The minimum atomic E-state index is -0.789. The van der Waals surface area contributed by atoms with Gasteiger partial charge in [-0.05, 0) is 24.7 Å². The van der Waals surface area contributed by atoms with Crippen LogP contribution in [0.25, 0.3) is 0 Å². The molecule has 7 heteroatoms. The minimum absolute atomic E-state index is 0.402. The Labute approximate surface area is 141 Å². The average Bonchev–Trinajstić information content (AvgIpc) is 2.56. The number of piperazine rings is 1. The summed E-state index contributed by atoms with van der Waals surface area (Å²) in [6, 6.07) is 4.32.